The Kier molecular flexibility index (Phi) is 6.21. The first kappa shape index (κ1) is 22.4. The van der Waals surface area contributed by atoms with Crippen molar-refractivity contribution in [2.75, 3.05) is 4.90 Å². The number of halogens is 2. The lowest BCUT2D eigenvalue weighted by atomic mass is 10.1. The summed E-state index contributed by atoms with van der Waals surface area (Å²) in [6, 6.07) is 22.3. The molecule has 0 aliphatic carbocycles. The van der Waals surface area contributed by atoms with Gasteiger partial charge in [-0.15, -0.1) is 6.42 Å². The number of rotatable bonds is 4. The van der Waals surface area contributed by atoms with E-state index in [9.17, 15) is 4.79 Å². The topological polar surface area (TPSA) is 37.6 Å². The monoisotopic (exact) mass is 501 g/mol. The van der Waals surface area contributed by atoms with Crippen LogP contribution in [0.15, 0.2) is 88.9 Å². The Morgan fingerprint density at radius 3 is 2.35 bits per heavy atom. The van der Waals surface area contributed by atoms with Crippen LogP contribution in [0, 0.1) is 12.3 Å². The van der Waals surface area contributed by atoms with Crippen LogP contribution in [0.3, 0.4) is 0 Å². The van der Waals surface area contributed by atoms with E-state index in [1.807, 2.05) is 53.2 Å². The third-order valence-electron chi connectivity index (χ3n) is 5.31. The zero-order valence-electron chi connectivity index (χ0n) is 17.8. The summed E-state index contributed by atoms with van der Waals surface area (Å²) in [7, 11) is 0. The van der Waals surface area contributed by atoms with Gasteiger partial charge in [0.25, 0.3) is 5.91 Å². The molecule has 3 aromatic carbocycles. The number of aliphatic imine (C=N–C) groups is 1. The number of anilines is 1. The summed E-state index contributed by atoms with van der Waals surface area (Å²) >= 11 is 13.4. The lowest BCUT2D eigenvalue weighted by Gasteiger charge is -2.15. The number of terminal acetylenes is 1. The number of nitrogens with zero attached hydrogens (tertiary/aromatic N) is 3. The number of fused-ring (bicyclic) bond motifs is 1. The number of carbonyl (C=O) groups is 1. The van der Waals surface area contributed by atoms with Gasteiger partial charge in [-0.3, -0.25) is 9.69 Å². The quantitative estimate of drug-likeness (QED) is 0.216. The average Bonchev–Trinajstić information content (AvgIpc) is 3.34. The van der Waals surface area contributed by atoms with E-state index in [1.54, 1.807) is 41.3 Å². The standard InChI is InChI=1S/C27H17Cl2N3OS/c1-2-15-31-17-18(23-5-3-4-6-24(23)31)16-25-26(33)32(22-13-9-20(29)10-14-22)27(34-25)30-21-11-7-19(28)8-12-21/h1,3-14,16-17H,15H2/b25-16-,30-27?. The minimum absolute atomic E-state index is 0.159. The van der Waals surface area contributed by atoms with Crippen molar-refractivity contribution in [1.29, 1.82) is 0 Å². The third kappa shape index (κ3) is 4.36. The van der Waals surface area contributed by atoms with Crippen LogP contribution in [0.5, 0.6) is 0 Å². The SMILES string of the molecule is C#CCn1cc(/C=C2\SC(=Nc3ccc(Cl)cc3)N(c3ccc(Cl)cc3)C2=O)c2ccccc21. The van der Waals surface area contributed by atoms with Crippen LogP contribution < -0.4 is 4.90 Å². The molecule has 0 bridgehead atoms. The first-order valence-electron chi connectivity index (χ1n) is 10.4. The first-order valence-corrected chi connectivity index (χ1v) is 12.0. The molecule has 0 spiro atoms. The first-order chi connectivity index (χ1) is 16.5. The van der Waals surface area contributed by atoms with E-state index in [-0.39, 0.29) is 5.91 Å². The van der Waals surface area contributed by atoms with Gasteiger partial charge in [0.05, 0.1) is 22.8 Å². The van der Waals surface area contributed by atoms with Crippen LogP contribution in [0.4, 0.5) is 11.4 Å². The summed E-state index contributed by atoms with van der Waals surface area (Å²) in [6.45, 7) is 0.449. The van der Waals surface area contributed by atoms with Crippen molar-refractivity contribution >= 4 is 74.4 Å². The highest BCUT2D eigenvalue weighted by molar-refractivity contribution is 8.19. The average molecular weight is 502 g/mol. The third-order valence-corrected chi connectivity index (χ3v) is 6.78. The van der Waals surface area contributed by atoms with Crippen molar-refractivity contribution in [2.45, 2.75) is 6.54 Å². The Bertz CT molecular complexity index is 1500. The summed E-state index contributed by atoms with van der Waals surface area (Å²) in [6.07, 6.45) is 9.43. The molecule has 1 aliphatic heterocycles. The Morgan fingerprint density at radius 1 is 0.971 bits per heavy atom. The Balaban J connectivity index is 1.61. The molecule has 2 heterocycles. The number of hydrogen-bond acceptors (Lipinski definition) is 3. The molecule has 1 fully saturated rings. The molecular formula is C27H17Cl2N3OS. The van der Waals surface area contributed by atoms with Gasteiger partial charge < -0.3 is 4.57 Å². The van der Waals surface area contributed by atoms with Gasteiger partial charge in [0.15, 0.2) is 5.17 Å². The number of carbonyl (C=O) groups excluding carboxylic acids is 1. The van der Waals surface area contributed by atoms with Gasteiger partial charge in [-0.1, -0.05) is 47.3 Å². The van der Waals surface area contributed by atoms with E-state index in [2.05, 4.69) is 5.92 Å². The second-order valence-electron chi connectivity index (χ2n) is 7.53. The maximum absolute atomic E-state index is 13.6. The highest BCUT2D eigenvalue weighted by Gasteiger charge is 2.35. The van der Waals surface area contributed by atoms with Crippen LogP contribution in [-0.4, -0.2) is 15.6 Å². The molecule has 1 aliphatic rings. The molecule has 0 saturated carbocycles. The molecule has 4 nitrogen and oxygen atoms in total. The lowest BCUT2D eigenvalue weighted by molar-refractivity contribution is -0.113. The Labute approximate surface area is 211 Å². The van der Waals surface area contributed by atoms with Crippen molar-refractivity contribution < 1.29 is 4.79 Å². The van der Waals surface area contributed by atoms with Crippen LogP contribution in [-0.2, 0) is 11.3 Å². The van der Waals surface area contributed by atoms with Crippen molar-refractivity contribution in [3.05, 3.63) is 99.5 Å². The fourth-order valence-corrected chi connectivity index (χ4v) is 5.00. The van der Waals surface area contributed by atoms with Crippen LogP contribution in [0.1, 0.15) is 5.56 Å². The number of hydrogen-bond donors (Lipinski definition) is 0. The summed E-state index contributed by atoms with van der Waals surface area (Å²) < 4.78 is 2.01. The molecule has 0 radical (unpaired) electrons. The fraction of sp³-hybridized carbons (Fsp3) is 0.0370. The zero-order valence-corrected chi connectivity index (χ0v) is 20.1. The summed E-state index contributed by atoms with van der Waals surface area (Å²) in [5.41, 5.74) is 3.33. The molecule has 1 saturated heterocycles. The predicted molar refractivity (Wildman–Crippen MR) is 144 cm³/mol. The van der Waals surface area contributed by atoms with E-state index >= 15 is 0 Å². The van der Waals surface area contributed by atoms with E-state index in [0.29, 0.717) is 38.0 Å². The maximum atomic E-state index is 13.6. The minimum atomic E-state index is -0.159. The highest BCUT2D eigenvalue weighted by atomic mass is 35.5. The number of para-hydroxylation sites is 1. The number of thioether (sulfide) groups is 1. The zero-order chi connectivity index (χ0) is 23.7. The number of aromatic nitrogens is 1. The van der Waals surface area contributed by atoms with Gasteiger partial charge in [0, 0.05) is 32.7 Å². The Morgan fingerprint density at radius 2 is 1.65 bits per heavy atom. The molecule has 0 unspecified atom stereocenters. The smallest absolute Gasteiger partial charge is 0.271 e. The van der Waals surface area contributed by atoms with Gasteiger partial charge in [-0.25, -0.2) is 4.99 Å². The molecular weight excluding hydrogens is 485 g/mol. The number of benzene rings is 3. The molecule has 7 heteroatoms. The van der Waals surface area contributed by atoms with Gasteiger partial charge >= 0.3 is 0 Å². The number of amidine groups is 1. The van der Waals surface area contributed by atoms with Gasteiger partial charge in [0.2, 0.25) is 0 Å². The molecule has 1 aromatic heterocycles. The maximum Gasteiger partial charge on any atom is 0.271 e. The van der Waals surface area contributed by atoms with Crippen LogP contribution in [0.2, 0.25) is 10.0 Å². The number of amides is 1. The van der Waals surface area contributed by atoms with Crippen molar-refractivity contribution in [1.82, 2.24) is 4.57 Å². The largest absolute Gasteiger partial charge is 0.335 e. The van der Waals surface area contributed by atoms with Crippen LogP contribution >= 0.6 is 35.0 Å². The molecule has 34 heavy (non-hydrogen) atoms. The molecule has 0 atom stereocenters. The van der Waals surface area contributed by atoms with E-state index < -0.39 is 0 Å². The Hall–Kier alpha value is -3.43. The second-order valence-corrected chi connectivity index (χ2v) is 9.41. The fourth-order valence-electron chi connectivity index (χ4n) is 3.75. The summed E-state index contributed by atoms with van der Waals surface area (Å²) in [4.78, 5) is 20.5. The summed E-state index contributed by atoms with van der Waals surface area (Å²) in [5.74, 6) is 2.53. The molecule has 5 rings (SSSR count). The van der Waals surface area contributed by atoms with Crippen LogP contribution in [0.25, 0.3) is 17.0 Å². The minimum Gasteiger partial charge on any atom is -0.335 e. The van der Waals surface area contributed by atoms with E-state index in [4.69, 9.17) is 34.6 Å². The van der Waals surface area contributed by atoms with E-state index in [0.717, 1.165) is 16.5 Å². The van der Waals surface area contributed by atoms with Gasteiger partial charge in [-0.05, 0) is 72.4 Å². The summed E-state index contributed by atoms with van der Waals surface area (Å²) in [5, 5.41) is 2.79. The highest BCUT2D eigenvalue weighted by Crippen LogP contribution is 2.38. The van der Waals surface area contributed by atoms with Gasteiger partial charge in [-0.2, -0.15) is 0 Å². The van der Waals surface area contributed by atoms with Crippen molar-refractivity contribution in [2.24, 2.45) is 4.99 Å². The molecule has 0 N–H and O–H groups in total. The lowest BCUT2D eigenvalue weighted by Crippen LogP contribution is -2.28. The second kappa shape index (κ2) is 9.44. The molecule has 166 valence electrons. The van der Waals surface area contributed by atoms with E-state index in [1.165, 1.54) is 11.8 Å². The predicted octanol–water partition coefficient (Wildman–Crippen LogP) is 7.39. The van der Waals surface area contributed by atoms with Crippen molar-refractivity contribution in [3.63, 3.8) is 0 Å². The molecule has 1 amide bonds. The van der Waals surface area contributed by atoms with Crippen molar-refractivity contribution in [3.8, 4) is 12.3 Å². The van der Waals surface area contributed by atoms with Gasteiger partial charge in [0.1, 0.15) is 0 Å². The normalized spacial score (nSPS) is 16.0. The molecule has 4 aromatic rings.